The summed E-state index contributed by atoms with van der Waals surface area (Å²) in [4.78, 5) is 11.8. The van der Waals surface area contributed by atoms with Gasteiger partial charge in [-0.15, -0.1) is 0 Å². The Labute approximate surface area is 143 Å². The van der Waals surface area contributed by atoms with Crippen LogP contribution in [-0.4, -0.2) is 5.91 Å². The topological polar surface area (TPSA) is 29.1 Å². The molecule has 2 nitrogen and oxygen atoms in total. The zero-order chi connectivity index (χ0) is 16.8. The predicted molar refractivity (Wildman–Crippen MR) is 99.3 cm³/mol. The van der Waals surface area contributed by atoms with Gasteiger partial charge >= 0.3 is 0 Å². The summed E-state index contributed by atoms with van der Waals surface area (Å²) in [6.45, 7) is 5.25. The minimum absolute atomic E-state index is 0.183. The summed E-state index contributed by atoms with van der Waals surface area (Å²) in [7, 11) is 0. The minimum Gasteiger partial charge on any atom is -0.352 e. The van der Waals surface area contributed by atoms with Crippen LogP contribution < -0.4 is 5.32 Å². The van der Waals surface area contributed by atoms with Crippen molar-refractivity contribution in [2.24, 2.45) is 5.92 Å². The number of amides is 1. The molecule has 0 radical (unpaired) electrons. The SMILES string of the molecule is CC(C)CCCCCCCCCCC(=O)NCc1ccccc1. The van der Waals surface area contributed by atoms with E-state index in [9.17, 15) is 4.79 Å². The number of carbonyl (C=O) groups is 1. The number of unbranched alkanes of at least 4 members (excludes halogenated alkanes) is 7. The number of carbonyl (C=O) groups excluding carboxylic acids is 1. The van der Waals surface area contributed by atoms with Crippen molar-refractivity contribution in [2.75, 3.05) is 0 Å². The van der Waals surface area contributed by atoms with Gasteiger partial charge in [0.05, 0.1) is 0 Å². The molecule has 0 saturated heterocycles. The summed E-state index contributed by atoms with van der Waals surface area (Å²) >= 11 is 0. The first-order valence-electron chi connectivity index (χ1n) is 9.49. The standard InChI is InChI=1S/C21H35NO/c1-19(2)14-10-7-5-3-4-6-8-13-17-21(23)22-18-20-15-11-9-12-16-20/h9,11-12,15-16,19H,3-8,10,13-14,17-18H2,1-2H3,(H,22,23). The Morgan fingerprint density at radius 3 is 2.04 bits per heavy atom. The molecule has 1 amide bonds. The molecule has 0 unspecified atom stereocenters. The molecule has 23 heavy (non-hydrogen) atoms. The van der Waals surface area contributed by atoms with Crippen molar-refractivity contribution in [3.63, 3.8) is 0 Å². The van der Waals surface area contributed by atoms with Crippen LogP contribution in [0.25, 0.3) is 0 Å². The highest BCUT2D eigenvalue weighted by Crippen LogP contribution is 2.13. The molecule has 0 saturated carbocycles. The fourth-order valence-corrected chi connectivity index (χ4v) is 2.78. The van der Waals surface area contributed by atoms with Crippen LogP contribution in [-0.2, 0) is 11.3 Å². The minimum atomic E-state index is 0.183. The maximum Gasteiger partial charge on any atom is 0.220 e. The second kappa shape index (κ2) is 13.2. The van der Waals surface area contributed by atoms with Crippen LogP contribution in [0.1, 0.15) is 83.6 Å². The molecule has 1 aromatic carbocycles. The van der Waals surface area contributed by atoms with Gasteiger partial charge in [0.2, 0.25) is 5.91 Å². The van der Waals surface area contributed by atoms with Crippen molar-refractivity contribution in [1.29, 1.82) is 0 Å². The van der Waals surface area contributed by atoms with Gasteiger partial charge in [-0.2, -0.15) is 0 Å². The molecule has 0 aliphatic carbocycles. The van der Waals surface area contributed by atoms with Crippen molar-refractivity contribution in [1.82, 2.24) is 5.32 Å². The van der Waals surface area contributed by atoms with E-state index in [0.717, 1.165) is 12.3 Å². The van der Waals surface area contributed by atoms with Gasteiger partial charge in [-0.25, -0.2) is 0 Å². The molecule has 0 fully saturated rings. The van der Waals surface area contributed by atoms with Crippen LogP contribution in [0, 0.1) is 5.92 Å². The molecular formula is C21H35NO. The van der Waals surface area contributed by atoms with Crippen LogP contribution in [0.15, 0.2) is 30.3 Å². The molecule has 0 aliphatic heterocycles. The number of benzene rings is 1. The van der Waals surface area contributed by atoms with Crippen molar-refractivity contribution < 1.29 is 4.79 Å². The van der Waals surface area contributed by atoms with Crippen molar-refractivity contribution in [3.8, 4) is 0 Å². The predicted octanol–water partition coefficient (Wildman–Crippen LogP) is 5.86. The maximum absolute atomic E-state index is 11.8. The Kier molecular flexibility index (Phi) is 11.3. The van der Waals surface area contributed by atoms with E-state index in [-0.39, 0.29) is 5.91 Å². The van der Waals surface area contributed by atoms with E-state index in [2.05, 4.69) is 19.2 Å². The van der Waals surface area contributed by atoms with Crippen LogP contribution >= 0.6 is 0 Å². The van der Waals surface area contributed by atoms with Gasteiger partial charge in [0, 0.05) is 13.0 Å². The lowest BCUT2D eigenvalue weighted by Crippen LogP contribution is -2.22. The highest BCUT2D eigenvalue weighted by molar-refractivity contribution is 5.75. The summed E-state index contributed by atoms with van der Waals surface area (Å²) in [6, 6.07) is 10.1. The lowest BCUT2D eigenvalue weighted by molar-refractivity contribution is -0.121. The maximum atomic E-state index is 11.8. The Morgan fingerprint density at radius 1 is 0.870 bits per heavy atom. The second-order valence-corrected chi connectivity index (χ2v) is 7.02. The molecular weight excluding hydrogens is 282 g/mol. The normalized spacial score (nSPS) is 10.9. The van der Waals surface area contributed by atoms with E-state index >= 15 is 0 Å². The van der Waals surface area contributed by atoms with Gasteiger partial charge in [0.15, 0.2) is 0 Å². The molecule has 1 aromatic rings. The lowest BCUT2D eigenvalue weighted by atomic mass is 10.0. The number of rotatable bonds is 13. The molecule has 1 N–H and O–H groups in total. The summed E-state index contributed by atoms with van der Waals surface area (Å²) in [5.41, 5.74) is 1.17. The van der Waals surface area contributed by atoms with Crippen molar-refractivity contribution in [3.05, 3.63) is 35.9 Å². The van der Waals surface area contributed by atoms with E-state index in [1.807, 2.05) is 30.3 Å². The molecule has 2 heteroatoms. The summed E-state index contributed by atoms with van der Waals surface area (Å²) < 4.78 is 0. The smallest absolute Gasteiger partial charge is 0.220 e. The fraction of sp³-hybridized carbons (Fsp3) is 0.667. The Bertz CT molecular complexity index is 400. The van der Waals surface area contributed by atoms with Gasteiger partial charge in [-0.05, 0) is 17.9 Å². The summed E-state index contributed by atoms with van der Waals surface area (Å²) in [5, 5.41) is 2.99. The zero-order valence-electron chi connectivity index (χ0n) is 15.2. The molecule has 0 aliphatic rings. The fourth-order valence-electron chi connectivity index (χ4n) is 2.78. The van der Waals surface area contributed by atoms with Gasteiger partial charge in [0.1, 0.15) is 0 Å². The van der Waals surface area contributed by atoms with Crippen LogP contribution in [0.5, 0.6) is 0 Å². The van der Waals surface area contributed by atoms with Crippen molar-refractivity contribution in [2.45, 2.75) is 84.6 Å². The molecule has 0 spiro atoms. The highest BCUT2D eigenvalue weighted by Gasteiger charge is 2.01. The first-order valence-corrected chi connectivity index (χ1v) is 9.49. The molecule has 0 aromatic heterocycles. The van der Waals surface area contributed by atoms with Gasteiger partial charge < -0.3 is 5.32 Å². The third kappa shape index (κ3) is 11.9. The second-order valence-electron chi connectivity index (χ2n) is 7.02. The van der Waals surface area contributed by atoms with Crippen molar-refractivity contribution >= 4 is 5.91 Å². The highest BCUT2D eigenvalue weighted by atomic mass is 16.1. The lowest BCUT2D eigenvalue weighted by Gasteiger charge is -2.06. The third-order valence-electron chi connectivity index (χ3n) is 4.27. The monoisotopic (exact) mass is 317 g/mol. The van der Waals surface area contributed by atoms with Gasteiger partial charge in [0.25, 0.3) is 0 Å². The number of nitrogens with one attached hydrogen (secondary N) is 1. The summed E-state index contributed by atoms with van der Waals surface area (Å²) in [5.74, 6) is 1.03. The molecule has 1 rings (SSSR count). The molecule has 0 heterocycles. The first kappa shape index (κ1) is 19.7. The Balaban J connectivity index is 1.86. The van der Waals surface area contributed by atoms with E-state index in [1.165, 1.54) is 56.9 Å². The van der Waals surface area contributed by atoms with Gasteiger partial charge in [-0.1, -0.05) is 95.5 Å². The van der Waals surface area contributed by atoms with Crippen LogP contribution in [0.3, 0.4) is 0 Å². The Morgan fingerprint density at radius 2 is 1.43 bits per heavy atom. The van der Waals surface area contributed by atoms with Crippen LogP contribution in [0.2, 0.25) is 0 Å². The van der Waals surface area contributed by atoms with Gasteiger partial charge in [-0.3, -0.25) is 4.79 Å². The average Bonchev–Trinajstić information content (AvgIpc) is 2.55. The Hall–Kier alpha value is -1.31. The first-order chi connectivity index (χ1) is 11.2. The molecule has 0 bridgehead atoms. The summed E-state index contributed by atoms with van der Waals surface area (Å²) in [6.07, 6.45) is 12.4. The zero-order valence-corrected chi connectivity index (χ0v) is 15.2. The largest absolute Gasteiger partial charge is 0.352 e. The van der Waals surface area contributed by atoms with E-state index in [1.54, 1.807) is 0 Å². The number of hydrogen-bond acceptors (Lipinski definition) is 1. The average molecular weight is 318 g/mol. The third-order valence-corrected chi connectivity index (χ3v) is 4.27. The van der Waals surface area contributed by atoms with Crippen LogP contribution in [0.4, 0.5) is 0 Å². The quantitative estimate of drug-likeness (QED) is 0.454. The van der Waals surface area contributed by atoms with E-state index in [0.29, 0.717) is 13.0 Å². The molecule has 0 atom stereocenters. The number of hydrogen-bond donors (Lipinski definition) is 1. The van der Waals surface area contributed by atoms with E-state index in [4.69, 9.17) is 0 Å². The van der Waals surface area contributed by atoms with E-state index < -0.39 is 0 Å². The molecule has 130 valence electrons.